The van der Waals surface area contributed by atoms with Crippen LogP contribution < -0.4 is 11.1 Å². The third-order valence-electron chi connectivity index (χ3n) is 3.40. The molecule has 0 aromatic rings. The van der Waals surface area contributed by atoms with Crippen molar-refractivity contribution in [3.63, 3.8) is 0 Å². The molecule has 0 aromatic carbocycles. The van der Waals surface area contributed by atoms with Gasteiger partial charge in [-0.15, -0.1) is 0 Å². The zero-order chi connectivity index (χ0) is 14.0. The number of carbonyl (C=O) groups excluding carboxylic acids is 1. The van der Waals surface area contributed by atoms with Crippen LogP contribution in [0.3, 0.4) is 0 Å². The highest BCUT2D eigenvalue weighted by molar-refractivity contribution is 5.81. The highest BCUT2D eigenvalue weighted by Gasteiger charge is 2.20. The monoisotopic (exact) mass is 256 g/mol. The first kappa shape index (κ1) is 17.4. The summed E-state index contributed by atoms with van der Waals surface area (Å²) < 4.78 is 0. The second-order valence-corrected chi connectivity index (χ2v) is 6.09. The summed E-state index contributed by atoms with van der Waals surface area (Å²) in [6.07, 6.45) is 7.81. The lowest BCUT2D eigenvalue weighted by atomic mass is 9.87. The molecule has 0 rings (SSSR count). The van der Waals surface area contributed by atoms with Gasteiger partial charge in [0.1, 0.15) is 0 Å². The van der Waals surface area contributed by atoms with E-state index in [-0.39, 0.29) is 17.4 Å². The summed E-state index contributed by atoms with van der Waals surface area (Å²) >= 11 is 0. The quantitative estimate of drug-likeness (QED) is 0.590. The van der Waals surface area contributed by atoms with E-state index in [1.54, 1.807) is 0 Å². The lowest BCUT2D eigenvalue weighted by Gasteiger charge is -2.25. The van der Waals surface area contributed by atoms with Crippen LogP contribution >= 0.6 is 0 Å². The van der Waals surface area contributed by atoms with Gasteiger partial charge in [0.25, 0.3) is 0 Å². The Morgan fingerprint density at radius 3 is 2.33 bits per heavy atom. The van der Waals surface area contributed by atoms with Gasteiger partial charge in [0.15, 0.2) is 0 Å². The minimum atomic E-state index is -0.337. The molecule has 3 heteroatoms. The van der Waals surface area contributed by atoms with Crippen LogP contribution in [0, 0.1) is 5.41 Å². The summed E-state index contributed by atoms with van der Waals surface area (Å²) in [7, 11) is 0. The van der Waals surface area contributed by atoms with Gasteiger partial charge in [0.2, 0.25) is 5.91 Å². The molecule has 0 radical (unpaired) electrons. The number of hydrogen-bond donors (Lipinski definition) is 2. The molecular weight excluding hydrogens is 224 g/mol. The molecule has 0 saturated carbocycles. The molecule has 3 N–H and O–H groups in total. The van der Waals surface area contributed by atoms with Crippen LogP contribution in [-0.2, 0) is 4.79 Å². The Bertz CT molecular complexity index is 227. The Labute approximate surface area is 113 Å². The van der Waals surface area contributed by atoms with Crippen LogP contribution in [0.2, 0.25) is 0 Å². The van der Waals surface area contributed by atoms with E-state index in [9.17, 15) is 4.79 Å². The molecule has 0 fully saturated rings. The van der Waals surface area contributed by atoms with Crippen molar-refractivity contribution in [2.75, 3.05) is 6.54 Å². The van der Waals surface area contributed by atoms with E-state index >= 15 is 0 Å². The first-order chi connectivity index (χ1) is 8.43. The highest BCUT2D eigenvalue weighted by Crippen LogP contribution is 2.22. The van der Waals surface area contributed by atoms with Crippen LogP contribution in [-0.4, -0.2) is 18.5 Å². The van der Waals surface area contributed by atoms with E-state index < -0.39 is 0 Å². The zero-order valence-corrected chi connectivity index (χ0v) is 12.7. The van der Waals surface area contributed by atoms with Crippen molar-refractivity contribution in [3.8, 4) is 0 Å². The van der Waals surface area contributed by atoms with Crippen LogP contribution in [0.4, 0.5) is 0 Å². The fourth-order valence-electron chi connectivity index (χ4n) is 1.95. The maximum absolute atomic E-state index is 11.8. The van der Waals surface area contributed by atoms with Crippen molar-refractivity contribution in [3.05, 3.63) is 0 Å². The summed E-state index contributed by atoms with van der Waals surface area (Å²) in [5.41, 5.74) is 6.02. The van der Waals surface area contributed by atoms with Crippen molar-refractivity contribution in [2.24, 2.45) is 11.1 Å². The van der Waals surface area contributed by atoms with Crippen molar-refractivity contribution in [2.45, 2.75) is 78.7 Å². The summed E-state index contributed by atoms with van der Waals surface area (Å²) in [5, 5.41) is 2.99. The van der Waals surface area contributed by atoms with Crippen LogP contribution in [0.5, 0.6) is 0 Å². The normalized spacial score (nSPS) is 13.4. The molecule has 1 atom stereocenters. The minimum Gasteiger partial charge on any atom is -0.354 e. The Morgan fingerprint density at radius 1 is 1.17 bits per heavy atom. The Morgan fingerprint density at radius 2 is 1.78 bits per heavy atom. The number of hydrogen-bond acceptors (Lipinski definition) is 2. The molecule has 1 amide bonds. The Kier molecular flexibility index (Phi) is 9.08. The van der Waals surface area contributed by atoms with E-state index in [0.29, 0.717) is 0 Å². The molecule has 18 heavy (non-hydrogen) atoms. The van der Waals surface area contributed by atoms with Gasteiger partial charge in [0, 0.05) is 6.54 Å². The second kappa shape index (κ2) is 9.37. The van der Waals surface area contributed by atoms with Gasteiger partial charge in [-0.1, -0.05) is 59.8 Å². The molecule has 1 unspecified atom stereocenters. The SMILES string of the molecule is CCCCCC(C)(C)CNC(=O)C(N)CCCC. The highest BCUT2D eigenvalue weighted by atomic mass is 16.2. The van der Waals surface area contributed by atoms with Crippen molar-refractivity contribution in [1.29, 1.82) is 0 Å². The summed E-state index contributed by atoms with van der Waals surface area (Å²) in [4.78, 5) is 11.8. The lowest BCUT2D eigenvalue weighted by Crippen LogP contribution is -2.44. The number of carbonyl (C=O) groups is 1. The van der Waals surface area contributed by atoms with Crippen molar-refractivity contribution in [1.82, 2.24) is 5.32 Å². The molecule has 0 aliphatic heterocycles. The molecule has 0 aliphatic carbocycles. The molecule has 3 nitrogen and oxygen atoms in total. The van der Waals surface area contributed by atoms with Crippen LogP contribution in [0.25, 0.3) is 0 Å². The zero-order valence-electron chi connectivity index (χ0n) is 12.7. The van der Waals surface area contributed by atoms with Gasteiger partial charge in [-0.25, -0.2) is 0 Å². The largest absolute Gasteiger partial charge is 0.354 e. The van der Waals surface area contributed by atoms with Gasteiger partial charge >= 0.3 is 0 Å². The number of rotatable bonds is 10. The predicted molar refractivity (Wildman–Crippen MR) is 78.4 cm³/mol. The van der Waals surface area contributed by atoms with E-state index in [1.807, 2.05) is 0 Å². The smallest absolute Gasteiger partial charge is 0.236 e. The molecule has 0 spiro atoms. The Balaban J connectivity index is 3.87. The maximum atomic E-state index is 11.8. The van der Waals surface area contributed by atoms with Crippen molar-refractivity contribution < 1.29 is 4.79 Å². The van der Waals surface area contributed by atoms with Gasteiger partial charge in [-0.3, -0.25) is 4.79 Å². The third-order valence-corrected chi connectivity index (χ3v) is 3.40. The number of unbranched alkanes of at least 4 members (excludes halogenated alkanes) is 3. The maximum Gasteiger partial charge on any atom is 0.236 e. The van der Waals surface area contributed by atoms with Gasteiger partial charge in [-0.2, -0.15) is 0 Å². The predicted octanol–water partition coefficient (Wildman–Crippen LogP) is 3.23. The first-order valence-corrected chi connectivity index (χ1v) is 7.46. The van der Waals surface area contributed by atoms with E-state index in [0.717, 1.165) is 32.2 Å². The fraction of sp³-hybridized carbons (Fsp3) is 0.933. The molecular formula is C15H32N2O. The van der Waals surface area contributed by atoms with E-state index in [2.05, 4.69) is 33.0 Å². The van der Waals surface area contributed by atoms with Crippen molar-refractivity contribution >= 4 is 5.91 Å². The molecule has 0 bridgehead atoms. The van der Waals surface area contributed by atoms with Crippen LogP contribution in [0.1, 0.15) is 72.6 Å². The summed E-state index contributed by atoms with van der Waals surface area (Å²) in [5.74, 6) is 0.00650. The average molecular weight is 256 g/mol. The Hall–Kier alpha value is -0.570. The lowest BCUT2D eigenvalue weighted by molar-refractivity contribution is -0.123. The number of amides is 1. The summed E-state index contributed by atoms with van der Waals surface area (Å²) in [6.45, 7) is 9.47. The van der Waals surface area contributed by atoms with Gasteiger partial charge in [-0.05, 0) is 18.3 Å². The molecule has 0 aromatic heterocycles. The van der Waals surface area contributed by atoms with Gasteiger partial charge < -0.3 is 11.1 Å². The number of nitrogens with two attached hydrogens (primary N) is 1. The molecule has 0 heterocycles. The molecule has 108 valence electrons. The summed E-state index contributed by atoms with van der Waals surface area (Å²) in [6, 6.07) is -0.337. The van der Waals surface area contributed by atoms with E-state index in [1.165, 1.54) is 19.3 Å². The topological polar surface area (TPSA) is 55.1 Å². The van der Waals surface area contributed by atoms with E-state index in [4.69, 9.17) is 5.73 Å². The molecule has 0 saturated heterocycles. The second-order valence-electron chi connectivity index (χ2n) is 6.09. The minimum absolute atomic E-state index is 0.00650. The number of nitrogens with one attached hydrogen (secondary N) is 1. The molecule has 0 aliphatic rings. The average Bonchev–Trinajstić information content (AvgIpc) is 2.33. The standard InChI is InChI=1S/C15H32N2O/c1-5-7-9-11-15(3,4)12-17-14(18)13(16)10-8-6-2/h13H,5-12,16H2,1-4H3,(H,17,18). The fourth-order valence-corrected chi connectivity index (χ4v) is 1.95. The third kappa shape index (κ3) is 8.51. The van der Waals surface area contributed by atoms with Crippen LogP contribution in [0.15, 0.2) is 0 Å². The first-order valence-electron chi connectivity index (χ1n) is 7.46. The van der Waals surface area contributed by atoms with Gasteiger partial charge in [0.05, 0.1) is 6.04 Å².